The van der Waals surface area contributed by atoms with E-state index in [2.05, 4.69) is 10.2 Å². The van der Waals surface area contributed by atoms with Gasteiger partial charge in [0.1, 0.15) is 0 Å². The number of rotatable bonds is 8. The van der Waals surface area contributed by atoms with Crippen molar-refractivity contribution in [2.75, 3.05) is 41.4 Å². The number of nitrogens with one attached hydrogen (secondary N) is 1. The Bertz CT molecular complexity index is 659. The van der Waals surface area contributed by atoms with E-state index in [0.717, 1.165) is 43.4 Å². The molecule has 0 aromatic heterocycles. The van der Waals surface area contributed by atoms with E-state index in [1.54, 1.807) is 19.1 Å². The lowest BCUT2D eigenvalue weighted by Crippen LogP contribution is -2.31. The maximum absolute atomic E-state index is 12.4. The molecule has 2 rings (SSSR count). The fourth-order valence-electron chi connectivity index (χ4n) is 2.82. The summed E-state index contributed by atoms with van der Waals surface area (Å²) in [5, 5.41) is 11.3. The minimum absolute atomic E-state index is 0.0366. The standard InChI is InChI=1S/C18H24N2O5S/c1-2-25-18(24)14-10-13(19-16(21)11-26-12-17(22)23)6-7-15(14)20-8-4-3-5-9-20/h6-7,10H,2-5,8-9,11-12H2,1H3,(H,19,21)(H,22,23). The Labute approximate surface area is 157 Å². The minimum Gasteiger partial charge on any atom is -0.481 e. The summed E-state index contributed by atoms with van der Waals surface area (Å²) in [4.78, 5) is 37.0. The topological polar surface area (TPSA) is 95.9 Å². The first kappa shape index (κ1) is 20.1. The number of ether oxygens (including phenoxy) is 1. The number of hydrogen-bond donors (Lipinski definition) is 2. The van der Waals surface area contributed by atoms with E-state index in [9.17, 15) is 14.4 Å². The van der Waals surface area contributed by atoms with E-state index in [4.69, 9.17) is 9.84 Å². The molecule has 1 heterocycles. The molecule has 1 aliphatic heterocycles. The van der Waals surface area contributed by atoms with Gasteiger partial charge in [-0.1, -0.05) is 0 Å². The van der Waals surface area contributed by atoms with Crippen LogP contribution >= 0.6 is 11.8 Å². The average molecular weight is 380 g/mol. The predicted octanol–water partition coefficient (Wildman–Crippen LogP) is 2.61. The average Bonchev–Trinajstić information content (AvgIpc) is 2.62. The van der Waals surface area contributed by atoms with Gasteiger partial charge in [0, 0.05) is 18.8 Å². The second kappa shape index (κ2) is 10.1. The van der Waals surface area contributed by atoms with Crippen LogP contribution in [0.1, 0.15) is 36.5 Å². The van der Waals surface area contributed by atoms with Crippen molar-refractivity contribution in [3.63, 3.8) is 0 Å². The van der Waals surface area contributed by atoms with E-state index in [-0.39, 0.29) is 24.0 Å². The maximum atomic E-state index is 12.4. The highest BCUT2D eigenvalue weighted by atomic mass is 32.2. The molecule has 8 heteroatoms. The van der Waals surface area contributed by atoms with Gasteiger partial charge in [0.25, 0.3) is 0 Å². The zero-order chi connectivity index (χ0) is 18.9. The molecular formula is C18H24N2O5S. The number of anilines is 2. The van der Waals surface area contributed by atoms with E-state index < -0.39 is 11.9 Å². The monoisotopic (exact) mass is 380 g/mol. The Hall–Kier alpha value is -2.22. The Balaban J connectivity index is 2.12. The lowest BCUT2D eigenvalue weighted by molar-refractivity contribution is -0.133. The van der Waals surface area contributed by atoms with Crippen LogP contribution in [-0.2, 0) is 14.3 Å². The highest BCUT2D eigenvalue weighted by Crippen LogP contribution is 2.28. The summed E-state index contributed by atoms with van der Waals surface area (Å²) >= 11 is 1.02. The van der Waals surface area contributed by atoms with Crippen LogP contribution in [0.4, 0.5) is 11.4 Å². The summed E-state index contributed by atoms with van der Waals surface area (Å²) in [5.74, 6) is -1.77. The highest BCUT2D eigenvalue weighted by molar-refractivity contribution is 8.00. The van der Waals surface area contributed by atoms with E-state index in [1.165, 1.54) is 6.42 Å². The lowest BCUT2D eigenvalue weighted by Gasteiger charge is -2.30. The Morgan fingerprint density at radius 3 is 2.58 bits per heavy atom. The van der Waals surface area contributed by atoms with Crippen LogP contribution < -0.4 is 10.2 Å². The van der Waals surface area contributed by atoms with Crippen LogP contribution in [0.2, 0.25) is 0 Å². The summed E-state index contributed by atoms with van der Waals surface area (Å²) in [6.07, 6.45) is 3.36. The van der Waals surface area contributed by atoms with E-state index in [1.807, 2.05) is 6.07 Å². The summed E-state index contributed by atoms with van der Waals surface area (Å²) in [7, 11) is 0. The molecule has 26 heavy (non-hydrogen) atoms. The normalized spacial score (nSPS) is 14.0. The zero-order valence-electron chi connectivity index (χ0n) is 14.8. The molecule has 1 fully saturated rings. The van der Waals surface area contributed by atoms with Crippen molar-refractivity contribution in [1.29, 1.82) is 0 Å². The number of carbonyl (C=O) groups excluding carboxylic acids is 2. The Morgan fingerprint density at radius 1 is 1.19 bits per heavy atom. The summed E-state index contributed by atoms with van der Waals surface area (Å²) in [6, 6.07) is 5.21. The number of carboxylic acids is 1. The zero-order valence-corrected chi connectivity index (χ0v) is 15.6. The highest BCUT2D eigenvalue weighted by Gasteiger charge is 2.20. The molecule has 2 N–H and O–H groups in total. The Morgan fingerprint density at radius 2 is 1.92 bits per heavy atom. The summed E-state index contributed by atoms with van der Waals surface area (Å²) < 4.78 is 5.16. The molecule has 1 saturated heterocycles. The van der Waals surface area contributed by atoms with Crippen LogP contribution in [0.15, 0.2) is 18.2 Å². The van der Waals surface area contributed by atoms with Gasteiger partial charge in [0.05, 0.1) is 29.4 Å². The summed E-state index contributed by atoms with van der Waals surface area (Å²) in [5.41, 5.74) is 1.75. The fourth-order valence-corrected chi connectivity index (χ4v) is 3.36. The van der Waals surface area contributed by atoms with Gasteiger partial charge >= 0.3 is 11.9 Å². The number of piperidine rings is 1. The number of carboxylic acid groups (broad SMARTS) is 1. The van der Waals surface area contributed by atoms with Crippen LogP contribution in [-0.4, -0.2) is 54.2 Å². The van der Waals surface area contributed by atoms with Gasteiger partial charge in [-0.05, 0) is 44.4 Å². The molecule has 0 bridgehead atoms. The number of aliphatic carboxylic acids is 1. The maximum Gasteiger partial charge on any atom is 0.340 e. The molecular weight excluding hydrogens is 356 g/mol. The van der Waals surface area contributed by atoms with Crippen LogP contribution in [0.5, 0.6) is 0 Å². The number of thioether (sulfide) groups is 1. The smallest absolute Gasteiger partial charge is 0.340 e. The third kappa shape index (κ3) is 5.94. The molecule has 1 aliphatic rings. The predicted molar refractivity (Wildman–Crippen MR) is 102 cm³/mol. The second-order valence-electron chi connectivity index (χ2n) is 5.93. The molecule has 0 aliphatic carbocycles. The Kier molecular flexibility index (Phi) is 7.77. The van der Waals surface area contributed by atoms with Crippen molar-refractivity contribution in [2.45, 2.75) is 26.2 Å². The van der Waals surface area contributed by atoms with Crippen molar-refractivity contribution < 1.29 is 24.2 Å². The largest absolute Gasteiger partial charge is 0.481 e. The number of esters is 1. The number of hydrogen-bond acceptors (Lipinski definition) is 6. The van der Waals surface area contributed by atoms with Gasteiger partial charge in [0.2, 0.25) is 5.91 Å². The van der Waals surface area contributed by atoms with Crippen molar-refractivity contribution in [2.24, 2.45) is 0 Å². The minimum atomic E-state index is -0.960. The fraction of sp³-hybridized carbons (Fsp3) is 0.500. The third-order valence-corrected chi connectivity index (χ3v) is 4.85. The van der Waals surface area contributed by atoms with Crippen LogP contribution in [0, 0.1) is 0 Å². The molecule has 1 amide bonds. The van der Waals surface area contributed by atoms with Crippen molar-refractivity contribution in [3.05, 3.63) is 23.8 Å². The van der Waals surface area contributed by atoms with Crippen LogP contribution in [0.25, 0.3) is 0 Å². The first-order chi connectivity index (χ1) is 12.5. The van der Waals surface area contributed by atoms with E-state index >= 15 is 0 Å². The molecule has 0 saturated carbocycles. The van der Waals surface area contributed by atoms with Gasteiger partial charge < -0.3 is 20.1 Å². The quantitative estimate of drug-likeness (QED) is 0.669. The number of amides is 1. The molecule has 0 unspecified atom stereocenters. The molecule has 142 valence electrons. The van der Waals surface area contributed by atoms with Crippen molar-refractivity contribution in [3.8, 4) is 0 Å². The first-order valence-corrected chi connectivity index (χ1v) is 9.82. The van der Waals surface area contributed by atoms with Crippen LogP contribution in [0.3, 0.4) is 0 Å². The molecule has 0 radical (unpaired) electrons. The van der Waals surface area contributed by atoms with Gasteiger partial charge in [-0.15, -0.1) is 11.8 Å². The van der Waals surface area contributed by atoms with Crippen molar-refractivity contribution >= 4 is 41.0 Å². The first-order valence-electron chi connectivity index (χ1n) is 8.66. The molecule has 1 aromatic rings. The SMILES string of the molecule is CCOC(=O)c1cc(NC(=O)CSCC(=O)O)ccc1N1CCCCC1. The molecule has 7 nitrogen and oxygen atoms in total. The molecule has 0 spiro atoms. The van der Waals surface area contributed by atoms with E-state index in [0.29, 0.717) is 11.3 Å². The van der Waals surface area contributed by atoms with Gasteiger partial charge in [-0.2, -0.15) is 0 Å². The third-order valence-electron chi connectivity index (χ3n) is 3.93. The summed E-state index contributed by atoms with van der Waals surface area (Å²) in [6.45, 7) is 3.82. The molecule has 1 aromatic carbocycles. The van der Waals surface area contributed by atoms with Crippen molar-refractivity contribution in [1.82, 2.24) is 0 Å². The number of nitrogens with zero attached hydrogens (tertiary/aromatic N) is 1. The molecule has 0 atom stereocenters. The van der Waals surface area contributed by atoms with Gasteiger partial charge in [-0.3, -0.25) is 9.59 Å². The van der Waals surface area contributed by atoms with Gasteiger partial charge in [-0.25, -0.2) is 4.79 Å². The van der Waals surface area contributed by atoms with Gasteiger partial charge in [0.15, 0.2) is 0 Å². The number of benzene rings is 1. The number of carbonyl (C=O) groups is 3. The lowest BCUT2D eigenvalue weighted by atomic mass is 10.1. The second-order valence-corrected chi connectivity index (χ2v) is 6.92.